The van der Waals surface area contributed by atoms with Crippen molar-refractivity contribution >= 4 is 29.2 Å². The summed E-state index contributed by atoms with van der Waals surface area (Å²) in [4.78, 5) is 34.9. The first kappa shape index (κ1) is 21.6. The maximum absolute atomic E-state index is 12.6. The number of piperidine rings is 1. The number of likely N-dealkylation sites (tertiary alicyclic amines) is 1. The summed E-state index contributed by atoms with van der Waals surface area (Å²) in [6.45, 7) is 8.47. The Bertz CT molecular complexity index is 733. The van der Waals surface area contributed by atoms with Gasteiger partial charge in [0.05, 0.1) is 19.1 Å². The van der Waals surface area contributed by atoms with Crippen LogP contribution < -0.4 is 5.32 Å². The van der Waals surface area contributed by atoms with Crippen molar-refractivity contribution in [2.75, 3.05) is 39.3 Å². The summed E-state index contributed by atoms with van der Waals surface area (Å²) >= 11 is 1.78. The van der Waals surface area contributed by atoms with Crippen molar-refractivity contribution in [3.8, 4) is 0 Å². The van der Waals surface area contributed by atoms with E-state index in [9.17, 15) is 9.59 Å². The average Bonchev–Trinajstić information content (AvgIpc) is 3.21. The number of hydrogen-bond donors (Lipinski definition) is 1. The average molecular weight is 421 g/mol. The Labute approximate surface area is 177 Å². The maximum atomic E-state index is 12.6. The molecule has 1 N–H and O–H groups in total. The van der Waals surface area contributed by atoms with E-state index in [1.54, 1.807) is 11.3 Å². The van der Waals surface area contributed by atoms with Gasteiger partial charge in [0, 0.05) is 44.0 Å². The number of nitrogens with zero attached hydrogens (tertiary/aromatic N) is 3. The Morgan fingerprint density at radius 3 is 2.97 bits per heavy atom. The van der Waals surface area contributed by atoms with Gasteiger partial charge >= 0.3 is 5.97 Å². The molecule has 1 saturated heterocycles. The van der Waals surface area contributed by atoms with Crippen molar-refractivity contribution in [1.82, 2.24) is 15.1 Å². The van der Waals surface area contributed by atoms with Gasteiger partial charge in [-0.25, -0.2) is 0 Å². The second-order valence-electron chi connectivity index (χ2n) is 7.46. The molecule has 8 heteroatoms. The van der Waals surface area contributed by atoms with Crippen LogP contribution in [0, 0.1) is 5.92 Å². The van der Waals surface area contributed by atoms with Crippen molar-refractivity contribution in [3.63, 3.8) is 0 Å². The van der Waals surface area contributed by atoms with Gasteiger partial charge in [-0.2, -0.15) is 0 Å². The maximum Gasteiger partial charge on any atom is 0.310 e. The van der Waals surface area contributed by atoms with Gasteiger partial charge in [-0.1, -0.05) is 0 Å². The Kier molecular flexibility index (Phi) is 7.91. The van der Waals surface area contributed by atoms with E-state index in [-0.39, 0.29) is 17.8 Å². The Morgan fingerprint density at radius 2 is 2.17 bits per heavy atom. The van der Waals surface area contributed by atoms with E-state index in [0.717, 1.165) is 51.4 Å². The zero-order valence-electron chi connectivity index (χ0n) is 17.5. The van der Waals surface area contributed by atoms with Crippen LogP contribution in [-0.2, 0) is 27.3 Å². The van der Waals surface area contributed by atoms with Crippen molar-refractivity contribution in [3.05, 3.63) is 21.9 Å². The molecule has 1 amide bonds. The lowest BCUT2D eigenvalue weighted by Gasteiger charge is -2.34. The van der Waals surface area contributed by atoms with E-state index < -0.39 is 0 Å². The number of amides is 1. The molecule has 3 heterocycles. The van der Waals surface area contributed by atoms with Crippen LogP contribution >= 0.6 is 11.3 Å². The molecule has 0 bridgehead atoms. The second kappa shape index (κ2) is 10.6. The van der Waals surface area contributed by atoms with Crippen LogP contribution in [0.4, 0.5) is 0 Å². The van der Waals surface area contributed by atoms with E-state index in [0.29, 0.717) is 26.1 Å². The third-order valence-corrected chi connectivity index (χ3v) is 6.45. The van der Waals surface area contributed by atoms with Gasteiger partial charge in [-0.15, -0.1) is 11.3 Å². The molecule has 2 aliphatic rings. The van der Waals surface area contributed by atoms with Crippen LogP contribution in [0.1, 0.15) is 43.6 Å². The lowest BCUT2D eigenvalue weighted by atomic mass is 9.98. The number of aliphatic imine (C=N–C) groups is 1. The molecule has 1 unspecified atom stereocenters. The highest BCUT2D eigenvalue weighted by Crippen LogP contribution is 2.24. The number of hydrogen-bond acceptors (Lipinski definition) is 5. The van der Waals surface area contributed by atoms with Gasteiger partial charge < -0.3 is 19.9 Å². The van der Waals surface area contributed by atoms with Crippen LogP contribution in [0.2, 0.25) is 0 Å². The lowest BCUT2D eigenvalue weighted by molar-refractivity contribution is -0.149. The highest BCUT2D eigenvalue weighted by Gasteiger charge is 2.28. The number of rotatable bonds is 6. The van der Waals surface area contributed by atoms with Crippen molar-refractivity contribution < 1.29 is 14.3 Å². The third-order valence-electron chi connectivity index (χ3n) is 5.42. The summed E-state index contributed by atoms with van der Waals surface area (Å²) < 4.78 is 5.19. The first-order valence-corrected chi connectivity index (χ1v) is 11.5. The highest BCUT2D eigenvalue weighted by atomic mass is 32.1. The van der Waals surface area contributed by atoms with Crippen molar-refractivity contribution in [2.45, 2.75) is 46.1 Å². The first-order valence-electron chi connectivity index (χ1n) is 10.6. The summed E-state index contributed by atoms with van der Waals surface area (Å²) in [6, 6.07) is 2.12. The number of carbonyl (C=O) groups excluding carboxylic acids is 2. The van der Waals surface area contributed by atoms with E-state index in [1.807, 2.05) is 18.7 Å². The molecule has 1 aromatic rings. The third kappa shape index (κ3) is 5.72. The molecule has 0 aromatic carbocycles. The Balaban J connectivity index is 1.53. The minimum atomic E-state index is -0.124. The van der Waals surface area contributed by atoms with Gasteiger partial charge in [-0.3, -0.25) is 14.6 Å². The van der Waals surface area contributed by atoms with Crippen molar-refractivity contribution in [1.29, 1.82) is 0 Å². The Morgan fingerprint density at radius 1 is 1.31 bits per heavy atom. The van der Waals surface area contributed by atoms with E-state index in [2.05, 4.69) is 26.7 Å². The van der Waals surface area contributed by atoms with E-state index >= 15 is 0 Å². The first-order chi connectivity index (χ1) is 14.1. The number of thiophene rings is 1. The summed E-state index contributed by atoms with van der Waals surface area (Å²) in [6.07, 6.45) is 3.15. The molecule has 160 valence electrons. The molecule has 0 saturated carbocycles. The summed E-state index contributed by atoms with van der Waals surface area (Å²) in [5.41, 5.74) is 1.28. The molecule has 0 radical (unpaired) electrons. The number of esters is 1. The molecule has 29 heavy (non-hydrogen) atoms. The summed E-state index contributed by atoms with van der Waals surface area (Å²) in [5, 5.41) is 5.41. The lowest BCUT2D eigenvalue weighted by Crippen LogP contribution is -2.48. The summed E-state index contributed by atoms with van der Waals surface area (Å²) in [5.74, 6) is 0.709. The SMILES string of the molecule is CCNC(=NCCC(=O)N1CCc2sccc2C1)N1CCCC(C(=O)OCC)C1. The number of carbonyl (C=O) groups is 2. The predicted octanol–water partition coefficient (Wildman–Crippen LogP) is 2.26. The molecule has 7 nitrogen and oxygen atoms in total. The minimum absolute atomic E-state index is 0.109. The van der Waals surface area contributed by atoms with E-state index in [4.69, 9.17) is 4.74 Å². The molecule has 3 rings (SSSR count). The highest BCUT2D eigenvalue weighted by molar-refractivity contribution is 7.10. The minimum Gasteiger partial charge on any atom is -0.466 e. The molecule has 2 aliphatic heterocycles. The number of fused-ring (bicyclic) bond motifs is 1. The molecule has 0 aliphatic carbocycles. The zero-order valence-corrected chi connectivity index (χ0v) is 18.3. The molecule has 1 atom stereocenters. The monoisotopic (exact) mass is 420 g/mol. The van der Waals surface area contributed by atoms with Gasteiger partial charge in [0.25, 0.3) is 0 Å². The molecule has 1 aromatic heterocycles. The van der Waals surface area contributed by atoms with Crippen LogP contribution in [0.5, 0.6) is 0 Å². The standard InChI is InChI=1S/C21H32N4O3S/c1-3-22-21(25-11-5-6-17(15-25)20(27)28-4-2)23-10-7-19(26)24-12-8-18-16(14-24)9-13-29-18/h9,13,17H,3-8,10-12,14-15H2,1-2H3,(H,22,23). The van der Waals surface area contributed by atoms with Gasteiger partial charge in [0.15, 0.2) is 5.96 Å². The predicted molar refractivity (Wildman–Crippen MR) is 115 cm³/mol. The molecular formula is C21H32N4O3S. The zero-order chi connectivity index (χ0) is 20.6. The van der Waals surface area contributed by atoms with Gasteiger partial charge in [-0.05, 0) is 50.1 Å². The van der Waals surface area contributed by atoms with Gasteiger partial charge in [0.1, 0.15) is 0 Å². The fourth-order valence-electron chi connectivity index (χ4n) is 3.92. The van der Waals surface area contributed by atoms with Crippen LogP contribution in [-0.4, -0.2) is 67.0 Å². The normalized spacial score (nSPS) is 19.7. The van der Waals surface area contributed by atoms with E-state index in [1.165, 1.54) is 10.4 Å². The quantitative estimate of drug-likeness (QED) is 0.434. The van der Waals surface area contributed by atoms with Crippen LogP contribution in [0.25, 0.3) is 0 Å². The van der Waals surface area contributed by atoms with Crippen molar-refractivity contribution in [2.24, 2.45) is 10.9 Å². The largest absolute Gasteiger partial charge is 0.466 e. The molecule has 0 spiro atoms. The number of nitrogens with one attached hydrogen (secondary N) is 1. The smallest absolute Gasteiger partial charge is 0.310 e. The second-order valence-corrected chi connectivity index (χ2v) is 8.46. The molecule has 1 fully saturated rings. The Hall–Kier alpha value is -2.09. The van der Waals surface area contributed by atoms with Gasteiger partial charge in [0.2, 0.25) is 5.91 Å². The fourth-order valence-corrected chi connectivity index (χ4v) is 4.81. The fraction of sp³-hybridized carbons (Fsp3) is 0.667. The van der Waals surface area contributed by atoms with Crippen LogP contribution in [0.3, 0.4) is 0 Å². The molecular weight excluding hydrogens is 388 g/mol. The number of guanidine groups is 1. The number of ether oxygens (including phenoxy) is 1. The summed E-state index contributed by atoms with van der Waals surface area (Å²) in [7, 11) is 0. The van der Waals surface area contributed by atoms with Crippen LogP contribution in [0.15, 0.2) is 16.4 Å². The topological polar surface area (TPSA) is 74.2 Å².